The molecule has 0 aliphatic carbocycles. The molecule has 0 unspecified atom stereocenters. The van der Waals surface area contributed by atoms with Crippen LogP contribution in [0.4, 0.5) is 0 Å². The zero-order valence-corrected chi connectivity index (χ0v) is 10.3. The van der Waals surface area contributed by atoms with Crippen LogP contribution in [0.15, 0.2) is 37.1 Å². The van der Waals surface area contributed by atoms with Crippen molar-refractivity contribution in [3.8, 4) is 0 Å². The largest absolute Gasteiger partial charge is 0.341 e. The first kappa shape index (κ1) is 12.3. The summed E-state index contributed by atoms with van der Waals surface area (Å²) in [6.07, 6.45) is 7.43. The van der Waals surface area contributed by atoms with E-state index in [-0.39, 0.29) is 5.91 Å². The molecule has 0 spiro atoms. The highest BCUT2D eigenvalue weighted by Gasteiger charge is 2.14. The van der Waals surface area contributed by atoms with Gasteiger partial charge in [0.2, 0.25) is 0 Å². The van der Waals surface area contributed by atoms with Gasteiger partial charge in [-0.05, 0) is 31.0 Å². The number of aromatic nitrogens is 3. The van der Waals surface area contributed by atoms with Crippen LogP contribution in [-0.4, -0.2) is 38.8 Å². The van der Waals surface area contributed by atoms with Crippen molar-refractivity contribution in [1.29, 1.82) is 0 Å². The maximum Gasteiger partial charge on any atom is 0.271 e. The van der Waals surface area contributed by atoms with Gasteiger partial charge in [0.1, 0.15) is 5.69 Å². The Bertz CT molecular complexity index is 481. The SMILES string of the molecule is CCN(CCc1ccncc1)C(=O)c1cnc[nH]1. The highest BCUT2D eigenvalue weighted by Crippen LogP contribution is 2.04. The molecule has 5 heteroatoms. The lowest BCUT2D eigenvalue weighted by Gasteiger charge is -2.19. The van der Waals surface area contributed by atoms with Crippen LogP contribution in [0.5, 0.6) is 0 Å². The van der Waals surface area contributed by atoms with Crippen molar-refractivity contribution in [3.63, 3.8) is 0 Å². The van der Waals surface area contributed by atoms with E-state index in [0.29, 0.717) is 18.8 Å². The number of amides is 1. The van der Waals surface area contributed by atoms with E-state index in [4.69, 9.17) is 0 Å². The van der Waals surface area contributed by atoms with Crippen LogP contribution < -0.4 is 0 Å². The standard InChI is InChI=1S/C13H16N4O/c1-2-17(13(18)12-9-15-10-16-12)8-5-11-3-6-14-7-4-11/h3-4,6-7,9-10H,2,5,8H2,1H3,(H,15,16). The van der Waals surface area contributed by atoms with E-state index in [2.05, 4.69) is 15.0 Å². The number of rotatable bonds is 5. The van der Waals surface area contributed by atoms with E-state index in [9.17, 15) is 4.79 Å². The van der Waals surface area contributed by atoms with Crippen molar-refractivity contribution in [3.05, 3.63) is 48.3 Å². The average Bonchev–Trinajstić information content (AvgIpc) is 2.94. The maximum atomic E-state index is 12.1. The van der Waals surface area contributed by atoms with E-state index in [0.717, 1.165) is 6.42 Å². The van der Waals surface area contributed by atoms with Crippen LogP contribution >= 0.6 is 0 Å². The molecule has 0 radical (unpaired) electrons. The fraction of sp³-hybridized carbons (Fsp3) is 0.308. The van der Waals surface area contributed by atoms with Gasteiger partial charge < -0.3 is 9.88 Å². The number of H-pyrrole nitrogens is 1. The quantitative estimate of drug-likeness (QED) is 0.867. The monoisotopic (exact) mass is 244 g/mol. The van der Waals surface area contributed by atoms with Gasteiger partial charge in [0, 0.05) is 25.5 Å². The van der Waals surface area contributed by atoms with Gasteiger partial charge in [-0.15, -0.1) is 0 Å². The molecule has 2 aromatic rings. The predicted molar refractivity (Wildman–Crippen MR) is 68.1 cm³/mol. The first-order valence-electron chi connectivity index (χ1n) is 5.98. The Hall–Kier alpha value is -2.17. The van der Waals surface area contributed by atoms with Gasteiger partial charge in [-0.3, -0.25) is 9.78 Å². The van der Waals surface area contributed by atoms with Crippen molar-refractivity contribution in [2.75, 3.05) is 13.1 Å². The minimum absolute atomic E-state index is 0.0101. The Balaban J connectivity index is 1.96. The summed E-state index contributed by atoms with van der Waals surface area (Å²) in [5.74, 6) is -0.0101. The van der Waals surface area contributed by atoms with E-state index < -0.39 is 0 Å². The zero-order valence-electron chi connectivity index (χ0n) is 10.3. The molecule has 0 bridgehead atoms. The van der Waals surface area contributed by atoms with Gasteiger partial charge in [-0.1, -0.05) is 0 Å². The topological polar surface area (TPSA) is 61.9 Å². The number of aromatic amines is 1. The summed E-state index contributed by atoms with van der Waals surface area (Å²) in [6.45, 7) is 3.35. The molecule has 0 saturated carbocycles. The van der Waals surface area contributed by atoms with Crippen molar-refractivity contribution in [2.45, 2.75) is 13.3 Å². The molecule has 1 amide bonds. The predicted octanol–water partition coefficient (Wildman–Crippen LogP) is 1.51. The lowest BCUT2D eigenvalue weighted by Crippen LogP contribution is -2.32. The number of hydrogen-bond acceptors (Lipinski definition) is 3. The molecule has 2 rings (SSSR count). The third-order valence-electron chi connectivity index (χ3n) is 2.82. The molecule has 0 fully saturated rings. The van der Waals surface area contributed by atoms with Crippen LogP contribution in [0, 0.1) is 0 Å². The molecule has 0 aliphatic heterocycles. The molecule has 0 atom stereocenters. The van der Waals surface area contributed by atoms with E-state index in [1.807, 2.05) is 19.1 Å². The summed E-state index contributed by atoms with van der Waals surface area (Å²) in [4.78, 5) is 24.6. The van der Waals surface area contributed by atoms with Crippen molar-refractivity contribution >= 4 is 5.91 Å². The number of nitrogens with zero attached hydrogens (tertiary/aromatic N) is 3. The minimum atomic E-state index is -0.0101. The molecule has 1 N–H and O–H groups in total. The molecular formula is C13H16N4O. The molecule has 0 aliphatic rings. The Morgan fingerprint density at radius 2 is 2.11 bits per heavy atom. The van der Waals surface area contributed by atoms with Crippen LogP contribution in [-0.2, 0) is 6.42 Å². The molecule has 5 nitrogen and oxygen atoms in total. The zero-order chi connectivity index (χ0) is 12.8. The number of nitrogens with one attached hydrogen (secondary N) is 1. The Kier molecular flexibility index (Phi) is 4.06. The normalized spacial score (nSPS) is 10.3. The second-order valence-electron chi connectivity index (χ2n) is 3.96. The molecular weight excluding hydrogens is 228 g/mol. The summed E-state index contributed by atoms with van der Waals surface area (Å²) in [5.41, 5.74) is 1.72. The van der Waals surface area contributed by atoms with Gasteiger partial charge in [0.15, 0.2) is 0 Å². The fourth-order valence-electron chi connectivity index (χ4n) is 1.76. The van der Waals surface area contributed by atoms with Crippen molar-refractivity contribution in [1.82, 2.24) is 19.9 Å². The van der Waals surface area contributed by atoms with E-state index >= 15 is 0 Å². The second-order valence-corrected chi connectivity index (χ2v) is 3.96. The fourth-order valence-corrected chi connectivity index (χ4v) is 1.76. The summed E-state index contributed by atoms with van der Waals surface area (Å²) < 4.78 is 0. The van der Waals surface area contributed by atoms with Crippen LogP contribution in [0.25, 0.3) is 0 Å². The number of carbonyl (C=O) groups is 1. The molecule has 2 heterocycles. The summed E-state index contributed by atoms with van der Waals surface area (Å²) >= 11 is 0. The van der Waals surface area contributed by atoms with E-state index in [1.54, 1.807) is 23.5 Å². The van der Waals surface area contributed by atoms with Gasteiger partial charge >= 0.3 is 0 Å². The number of pyridine rings is 1. The summed E-state index contributed by atoms with van der Waals surface area (Å²) in [5, 5.41) is 0. The van der Waals surface area contributed by atoms with Gasteiger partial charge in [0.25, 0.3) is 5.91 Å². The average molecular weight is 244 g/mol. The third kappa shape index (κ3) is 2.94. The summed E-state index contributed by atoms with van der Waals surface area (Å²) in [6, 6.07) is 3.93. The smallest absolute Gasteiger partial charge is 0.271 e. The number of likely N-dealkylation sites (N-methyl/N-ethyl adjacent to an activating group) is 1. The Morgan fingerprint density at radius 3 is 2.72 bits per heavy atom. The maximum absolute atomic E-state index is 12.1. The van der Waals surface area contributed by atoms with Crippen LogP contribution in [0.1, 0.15) is 23.0 Å². The molecule has 2 aromatic heterocycles. The van der Waals surface area contributed by atoms with Crippen molar-refractivity contribution in [2.24, 2.45) is 0 Å². The lowest BCUT2D eigenvalue weighted by molar-refractivity contribution is 0.0761. The second kappa shape index (κ2) is 5.95. The van der Waals surface area contributed by atoms with E-state index in [1.165, 1.54) is 11.9 Å². The van der Waals surface area contributed by atoms with Gasteiger partial charge in [0.05, 0.1) is 12.5 Å². The van der Waals surface area contributed by atoms with Crippen molar-refractivity contribution < 1.29 is 4.79 Å². The molecule has 18 heavy (non-hydrogen) atoms. The third-order valence-corrected chi connectivity index (χ3v) is 2.82. The first-order chi connectivity index (χ1) is 8.81. The van der Waals surface area contributed by atoms with Crippen LogP contribution in [0.2, 0.25) is 0 Å². The molecule has 0 saturated heterocycles. The minimum Gasteiger partial charge on any atom is -0.341 e. The summed E-state index contributed by atoms with van der Waals surface area (Å²) in [7, 11) is 0. The number of hydrogen-bond donors (Lipinski definition) is 1. The lowest BCUT2D eigenvalue weighted by atomic mass is 10.2. The van der Waals surface area contributed by atoms with Gasteiger partial charge in [-0.2, -0.15) is 0 Å². The number of imidazole rings is 1. The Labute approximate surface area is 106 Å². The highest BCUT2D eigenvalue weighted by molar-refractivity contribution is 5.92. The first-order valence-corrected chi connectivity index (χ1v) is 5.98. The molecule has 94 valence electrons. The highest BCUT2D eigenvalue weighted by atomic mass is 16.2. The number of carbonyl (C=O) groups excluding carboxylic acids is 1. The Morgan fingerprint density at radius 1 is 1.33 bits per heavy atom. The van der Waals surface area contributed by atoms with Gasteiger partial charge in [-0.25, -0.2) is 4.98 Å². The van der Waals surface area contributed by atoms with Crippen LogP contribution in [0.3, 0.4) is 0 Å². The molecule has 0 aromatic carbocycles.